The van der Waals surface area contributed by atoms with Crippen LogP contribution in [0, 0.1) is 5.92 Å². The Bertz CT molecular complexity index is 575. The number of fused-ring (bicyclic) bond motifs is 1. The largest absolute Gasteiger partial charge is 0.327 e. The van der Waals surface area contributed by atoms with E-state index in [9.17, 15) is 0 Å². The van der Waals surface area contributed by atoms with Gasteiger partial charge in [-0.1, -0.05) is 24.3 Å². The highest BCUT2D eigenvalue weighted by atomic mass is 15.3. The van der Waals surface area contributed by atoms with Gasteiger partial charge in [0.2, 0.25) is 0 Å². The normalized spacial score (nSPS) is 19.6. The van der Waals surface area contributed by atoms with Crippen molar-refractivity contribution in [1.29, 1.82) is 0 Å². The molecule has 0 spiro atoms. The smallest absolute Gasteiger partial charge is 0.138 e. The molecule has 0 amide bonds. The lowest BCUT2D eigenvalue weighted by Gasteiger charge is -2.29. The van der Waals surface area contributed by atoms with Crippen LogP contribution in [0.5, 0.6) is 0 Å². The number of benzene rings is 1. The first-order chi connectivity index (χ1) is 9.78. The lowest BCUT2D eigenvalue weighted by Crippen LogP contribution is -2.36. The lowest BCUT2D eigenvalue weighted by atomic mass is 9.79. The topological polar surface area (TPSA) is 56.7 Å². The van der Waals surface area contributed by atoms with E-state index in [0.717, 1.165) is 31.6 Å². The molecule has 2 unspecified atom stereocenters. The van der Waals surface area contributed by atoms with Crippen molar-refractivity contribution in [2.75, 3.05) is 0 Å². The van der Waals surface area contributed by atoms with Crippen LogP contribution >= 0.6 is 0 Å². The Kier molecular flexibility index (Phi) is 3.83. The maximum absolute atomic E-state index is 6.44. The van der Waals surface area contributed by atoms with Crippen LogP contribution in [0.15, 0.2) is 30.6 Å². The molecule has 0 saturated carbocycles. The molecule has 4 heteroatoms. The Labute approximate surface area is 120 Å². The average Bonchev–Trinajstić information content (AvgIpc) is 2.94. The predicted molar refractivity (Wildman–Crippen MR) is 79.3 cm³/mol. The molecule has 2 atom stereocenters. The zero-order chi connectivity index (χ0) is 13.9. The van der Waals surface area contributed by atoms with Crippen LogP contribution in [0.1, 0.15) is 30.3 Å². The molecule has 1 heterocycles. The number of hydrogen-bond donors (Lipinski definition) is 1. The molecule has 20 heavy (non-hydrogen) atoms. The quantitative estimate of drug-likeness (QED) is 0.924. The third kappa shape index (κ3) is 2.61. The molecule has 1 aliphatic carbocycles. The van der Waals surface area contributed by atoms with Gasteiger partial charge < -0.3 is 5.73 Å². The van der Waals surface area contributed by atoms with Crippen molar-refractivity contribution in [2.24, 2.45) is 11.7 Å². The van der Waals surface area contributed by atoms with E-state index in [2.05, 4.69) is 41.3 Å². The molecular weight excluding hydrogens is 248 g/mol. The van der Waals surface area contributed by atoms with Crippen molar-refractivity contribution in [3.8, 4) is 0 Å². The minimum Gasteiger partial charge on any atom is -0.327 e. The summed E-state index contributed by atoms with van der Waals surface area (Å²) < 4.78 is 1.94. The van der Waals surface area contributed by atoms with Crippen molar-refractivity contribution in [1.82, 2.24) is 14.8 Å². The van der Waals surface area contributed by atoms with Gasteiger partial charge >= 0.3 is 0 Å². The van der Waals surface area contributed by atoms with E-state index in [1.165, 1.54) is 17.5 Å². The van der Waals surface area contributed by atoms with Crippen molar-refractivity contribution < 1.29 is 0 Å². The van der Waals surface area contributed by atoms with E-state index in [0.29, 0.717) is 5.92 Å². The third-order valence-electron chi connectivity index (χ3n) is 4.40. The molecular formula is C16H22N4. The fourth-order valence-corrected chi connectivity index (χ4v) is 3.18. The number of nitrogens with two attached hydrogens (primary N) is 1. The lowest BCUT2D eigenvalue weighted by molar-refractivity contribution is 0.364. The van der Waals surface area contributed by atoms with Crippen molar-refractivity contribution in [3.63, 3.8) is 0 Å². The van der Waals surface area contributed by atoms with Crippen LogP contribution < -0.4 is 5.73 Å². The van der Waals surface area contributed by atoms with E-state index in [4.69, 9.17) is 5.73 Å². The van der Waals surface area contributed by atoms with Gasteiger partial charge in [-0.2, -0.15) is 5.10 Å². The maximum atomic E-state index is 6.44. The molecule has 4 nitrogen and oxygen atoms in total. The summed E-state index contributed by atoms with van der Waals surface area (Å²) in [5.41, 5.74) is 9.40. The second-order valence-corrected chi connectivity index (χ2v) is 5.63. The van der Waals surface area contributed by atoms with Gasteiger partial charge in [0.05, 0.1) is 0 Å². The van der Waals surface area contributed by atoms with E-state index in [1.54, 1.807) is 6.33 Å². The second-order valence-electron chi connectivity index (χ2n) is 5.63. The third-order valence-corrected chi connectivity index (χ3v) is 4.40. The zero-order valence-electron chi connectivity index (χ0n) is 12.0. The van der Waals surface area contributed by atoms with Crippen LogP contribution in [-0.4, -0.2) is 20.8 Å². The summed E-state index contributed by atoms with van der Waals surface area (Å²) >= 11 is 0. The first-order valence-corrected chi connectivity index (χ1v) is 7.47. The van der Waals surface area contributed by atoms with E-state index in [-0.39, 0.29) is 6.04 Å². The molecule has 0 saturated heterocycles. The average molecular weight is 270 g/mol. The van der Waals surface area contributed by atoms with Gasteiger partial charge in [-0.05, 0) is 43.2 Å². The fourth-order valence-electron chi connectivity index (χ4n) is 3.18. The highest BCUT2D eigenvalue weighted by molar-refractivity contribution is 5.30. The molecule has 1 aromatic heterocycles. The molecule has 106 valence electrons. The Morgan fingerprint density at radius 2 is 2.15 bits per heavy atom. The summed E-state index contributed by atoms with van der Waals surface area (Å²) in [6.45, 7) is 2.94. The molecule has 2 aromatic rings. The van der Waals surface area contributed by atoms with Crippen LogP contribution in [0.25, 0.3) is 0 Å². The molecule has 1 aromatic carbocycles. The SMILES string of the molecule is CCn1ncnc1CC(N)C1CCc2ccccc2C1. The van der Waals surface area contributed by atoms with Crippen LogP contribution in [-0.2, 0) is 25.8 Å². The predicted octanol–water partition coefficient (Wildman–Crippen LogP) is 1.97. The second kappa shape index (κ2) is 5.75. The fraction of sp³-hybridized carbons (Fsp3) is 0.500. The van der Waals surface area contributed by atoms with Gasteiger partial charge in [0.1, 0.15) is 12.2 Å². The van der Waals surface area contributed by atoms with Crippen molar-refractivity contribution in [2.45, 2.75) is 45.2 Å². The standard InChI is InChI=1S/C16H22N4/c1-2-20-16(18-11-19-20)10-15(17)14-8-7-12-5-3-4-6-13(12)9-14/h3-6,11,14-15H,2,7-10,17H2,1H3. The Hall–Kier alpha value is -1.68. The highest BCUT2D eigenvalue weighted by Crippen LogP contribution is 2.27. The molecule has 3 rings (SSSR count). The highest BCUT2D eigenvalue weighted by Gasteiger charge is 2.24. The number of nitrogens with zero attached hydrogens (tertiary/aromatic N) is 3. The van der Waals surface area contributed by atoms with Crippen LogP contribution in [0.3, 0.4) is 0 Å². The van der Waals surface area contributed by atoms with Gasteiger partial charge in [-0.15, -0.1) is 0 Å². The van der Waals surface area contributed by atoms with Gasteiger partial charge in [-0.3, -0.25) is 4.68 Å². The first-order valence-electron chi connectivity index (χ1n) is 7.47. The summed E-state index contributed by atoms with van der Waals surface area (Å²) in [5, 5.41) is 4.22. The minimum absolute atomic E-state index is 0.165. The monoisotopic (exact) mass is 270 g/mol. The van der Waals surface area contributed by atoms with Gasteiger partial charge in [0.25, 0.3) is 0 Å². The summed E-state index contributed by atoms with van der Waals surface area (Å²) in [6.07, 6.45) is 5.87. The summed E-state index contributed by atoms with van der Waals surface area (Å²) in [5.74, 6) is 1.56. The first kappa shape index (κ1) is 13.3. The molecule has 0 fully saturated rings. The van der Waals surface area contributed by atoms with Gasteiger partial charge in [0.15, 0.2) is 0 Å². The molecule has 1 aliphatic rings. The molecule has 0 aliphatic heterocycles. The minimum atomic E-state index is 0.165. The van der Waals surface area contributed by atoms with Crippen molar-refractivity contribution >= 4 is 0 Å². The Morgan fingerprint density at radius 1 is 1.35 bits per heavy atom. The van der Waals surface area contributed by atoms with Gasteiger partial charge in [0, 0.05) is 19.0 Å². The number of rotatable bonds is 4. The molecule has 2 N–H and O–H groups in total. The van der Waals surface area contributed by atoms with E-state index < -0.39 is 0 Å². The summed E-state index contributed by atoms with van der Waals surface area (Å²) in [7, 11) is 0. The maximum Gasteiger partial charge on any atom is 0.138 e. The molecule has 0 radical (unpaired) electrons. The number of aryl methyl sites for hydroxylation is 2. The summed E-state index contributed by atoms with van der Waals surface area (Å²) in [6, 6.07) is 8.90. The Morgan fingerprint density at radius 3 is 2.95 bits per heavy atom. The summed E-state index contributed by atoms with van der Waals surface area (Å²) in [4.78, 5) is 4.34. The van der Waals surface area contributed by atoms with Crippen molar-refractivity contribution in [3.05, 3.63) is 47.5 Å². The number of hydrogen-bond acceptors (Lipinski definition) is 3. The van der Waals surface area contributed by atoms with Gasteiger partial charge in [-0.25, -0.2) is 4.98 Å². The number of aromatic nitrogens is 3. The van der Waals surface area contributed by atoms with Crippen LogP contribution in [0.2, 0.25) is 0 Å². The molecule has 0 bridgehead atoms. The van der Waals surface area contributed by atoms with E-state index >= 15 is 0 Å². The Balaban J connectivity index is 1.68. The zero-order valence-corrected chi connectivity index (χ0v) is 12.0. The van der Waals surface area contributed by atoms with E-state index in [1.807, 2.05) is 4.68 Å². The van der Waals surface area contributed by atoms with Crippen LogP contribution in [0.4, 0.5) is 0 Å².